The van der Waals surface area contributed by atoms with E-state index in [1.54, 1.807) is 0 Å². The Morgan fingerprint density at radius 1 is 0.698 bits per heavy atom. The Morgan fingerprint density at radius 3 is 1.86 bits per heavy atom. The number of hydrogen-bond acceptors (Lipinski definition) is 1. The van der Waals surface area contributed by atoms with Crippen molar-refractivity contribution in [3.8, 4) is 0 Å². The molecular formula is C42H45N. The molecule has 43 heavy (non-hydrogen) atoms. The number of nitrogens with zero attached hydrogens (tertiary/aromatic N) is 1. The van der Waals surface area contributed by atoms with Crippen LogP contribution in [-0.4, -0.2) is 0 Å². The first-order valence-corrected chi connectivity index (χ1v) is 15.2. The van der Waals surface area contributed by atoms with Crippen LogP contribution in [0, 0.1) is 13.8 Å². The quantitative estimate of drug-likeness (QED) is 0.0838. The van der Waals surface area contributed by atoms with E-state index in [1.165, 1.54) is 39.0 Å². The Labute approximate surface area is 259 Å². The number of hydrogen-bond donors (Lipinski definition) is 0. The molecule has 0 spiro atoms. The molecule has 4 aromatic rings. The Morgan fingerprint density at radius 2 is 1.26 bits per heavy atom. The Hall–Kier alpha value is -4.62. The van der Waals surface area contributed by atoms with Crippen molar-refractivity contribution in [3.63, 3.8) is 0 Å². The summed E-state index contributed by atoms with van der Waals surface area (Å²) in [7, 11) is 0. The number of anilines is 1. The van der Waals surface area contributed by atoms with Gasteiger partial charge >= 0.3 is 0 Å². The van der Waals surface area contributed by atoms with Crippen LogP contribution in [0.15, 0.2) is 164 Å². The smallest absolute Gasteiger partial charge is 0.0452 e. The molecule has 1 unspecified atom stereocenters. The third-order valence-corrected chi connectivity index (χ3v) is 7.96. The molecule has 218 valence electrons. The highest BCUT2D eigenvalue weighted by Gasteiger charge is 2.16. The van der Waals surface area contributed by atoms with E-state index in [1.807, 2.05) is 13.0 Å². The second-order valence-electron chi connectivity index (χ2n) is 11.5. The van der Waals surface area contributed by atoms with Gasteiger partial charge in [-0.3, -0.25) is 0 Å². The van der Waals surface area contributed by atoms with E-state index in [4.69, 9.17) is 0 Å². The SMILES string of the molecule is C=CC(C)=CC=CN(C(=C)CCC(=C)CCc1ccc(C(c2ccccc2)c2ccc(C)cc2)cc1)c1ccc(C)cc1. The fourth-order valence-corrected chi connectivity index (χ4v) is 5.17. The summed E-state index contributed by atoms with van der Waals surface area (Å²) in [6.07, 6.45) is 11.8. The van der Waals surface area contributed by atoms with Gasteiger partial charge in [-0.05, 0) is 86.9 Å². The van der Waals surface area contributed by atoms with E-state index < -0.39 is 0 Å². The monoisotopic (exact) mass is 563 g/mol. The minimum atomic E-state index is 0.221. The summed E-state index contributed by atoms with van der Waals surface area (Å²) in [5, 5.41) is 0. The van der Waals surface area contributed by atoms with Gasteiger partial charge in [0.05, 0.1) is 0 Å². The van der Waals surface area contributed by atoms with Crippen LogP contribution in [0.4, 0.5) is 5.69 Å². The molecule has 0 saturated carbocycles. The van der Waals surface area contributed by atoms with Crippen molar-refractivity contribution in [3.05, 3.63) is 198 Å². The van der Waals surface area contributed by atoms with Gasteiger partial charge in [0.2, 0.25) is 0 Å². The van der Waals surface area contributed by atoms with Gasteiger partial charge in [0.25, 0.3) is 0 Å². The van der Waals surface area contributed by atoms with Crippen molar-refractivity contribution in [2.75, 3.05) is 4.90 Å². The van der Waals surface area contributed by atoms with Crippen LogP contribution in [0.5, 0.6) is 0 Å². The Bertz CT molecular complexity index is 1550. The summed E-state index contributed by atoms with van der Waals surface area (Å²) in [6.45, 7) is 19.0. The second-order valence-corrected chi connectivity index (χ2v) is 11.5. The third-order valence-electron chi connectivity index (χ3n) is 7.96. The zero-order valence-corrected chi connectivity index (χ0v) is 26.1. The molecule has 0 heterocycles. The zero-order chi connectivity index (χ0) is 30.6. The molecule has 1 atom stereocenters. The molecule has 0 aliphatic carbocycles. The highest BCUT2D eigenvalue weighted by Crippen LogP contribution is 2.32. The van der Waals surface area contributed by atoms with Crippen LogP contribution >= 0.6 is 0 Å². The Balaban J connectivity index is 1.37. The molecule has 0 saturated heterocycles. The first-order chi connectivity index (χ1) is 20.8. The maximum Gasteiger partial charge on any atom is 0.0452 e. The number of rotatable bonds is 14. The first-order valence-electron chi connectivity index (χ1n) is 15.2. The summed E-state index contributed by atoms with van der Waals surface area (Å²) < 4.78 is 0. The molecule has 0 N–H and O–H groups in total. The van der Waals surface area contributed by atoms with Crippen LogP contribution in [-0.2, 0) is 6.42 Å². The van der Waals surface area contributed by atoms with Gasteiger partial charge in [-0.15, -0.1) is 0 Å². The van der Waals surface area contributed by atoms with E-state index in [9.17, 15) is 0 Å². The van der Waals surface area contributed by atoms with Gasteiger partial charge in [0.1, 0.15) is 0 Å². The largest absolute Gasteiger partial charge is 0.322 e. The van der Waals surface area contributed by atoms with E-state index in [-0.39, 0.29) is 5.92 Å². The fraction of sp³-hybridized carbons (Fsp3) is 0.190. The second kappa shape index (κ2) is 15.6. The van der Waals surface area contributed by atoms with E-state index in [2.05, 4.69) is 160 Å². The summed E-state index contributed by atoms with van der Waals surface area (Å²) in [6, 6.07) is 37.5. The van der Waals surface area contributed by atoms with Crippen molar-refractivity contribution in [2.45, 2.75) is 52.4 Å². The van der Waals surface area contributed by atoms with Crippen LogP contribution in [0.2, 0.25) is 0 Å². The van der Waals surface area contributed by atoms with Gasteiger partial charge < -0.3 is 4.90 Å². The van der Waals surface area contributed by atoms with Crippen LogP contribution in [0.3, 0.4) is 0 Å². The molecule has 1 heteroatoms. The lowest BCUT2D eigenvalue weighted by Crippen LogP contribution is -2.14. The molecule has 0 fully saturated rings. The van der Waals surface area contributed by atoms with Gasteiger partial charge in [-0.2, -0.15) is 0 Å². The Kier molecular flexibility index (Phi) is 11.3. The summed E-state index contributed by atoms with van der Waals surface area (Å²) in [5.74, 6) is 0.221. The van der Waals surface area contributed by atoms with Crippen molar-refractivity contribution in [1.82, 2.24) is 0 Å². The standard InChI is InChI=1S/C42H45N/c1-7-32(2)12-11-31-43(41-29-19-35(5)20-30-41)36(6)21-15-33(3)16-22-37-23-27-40(28-24-37)42(38-13-9-8-10-14-38)39-25-17-34(4)18-26-39/h7-14,17-20,23-31,42H,1,3,6,15-16,21-22H2,2,4-5H3. The van der Waals surface area contributed by atoms with Crippen molar-refractivity contribution in [1.29, 1.82) is 0 Å². The minimum absolute atomic E-state index is 0.221. The molecule has 0 amide bonds. The van der Waals surface area contributed by atoms with Gasteiger partial charge in [0.15, 0.2) is 0 Å². The van der Waals surface area contributed by atoms with Crippen molar-refractivity contribution >= 4 is 5.69 Å². The molecule has 0 aromatic heterocycles. The number of aryl methyl sites for hydroxylation is 3. The number of allylic oxidation sites excluding steroid dienone is 6. The predicted molar refractivity (Wildman–Crippen MR) is 188 cm³/mol. The maximum absolute atomic E-state index is 4.44. The zero-order valence-electron chi connectivity index (χ0n) is 26.1. The first kappa shape index (κ1) is 31.3. The fourth-order valence-electron chi connectivity index (χ4n) is 5.17. The van der Waals surface area contributed by atoms with Crippen LogP contribution in [0.1, 0.15) is 65.5 Å². The topological polar surface area (TPSA) is 3.24 Å². The van der Waals surface area contributed by atoms with Gasteiger partial charge in [0, 0.05) is 23.5 Å². The molecule has 0 radical (unpaired) electrons. The van der Waals surface area contributed by atoms with E-state index in [0.29, 0.717) is 0 Å². The molecule has 4 rings (SSSR count). The highest BCUT2D eigenvalue weighted by molar-refractivity contribution is 5.56. The molecule has 0 bridgehead atoms. The van der Waals surface area contributed by atoms with Crippen molar-refractivity contribution < 1.29 is 0 Å². The van der Waals surface area contributed by atoms with Crippen molar-refractivity contribution in [2.24, 2.45) is 0 Å². The summed E-state index contributed by atoms with van der Waals surface area (Å²) in [5.41, 5.74) is 12.4. The lowest BCUT2D eigenvalue weighted by Gasteiger charge is -2.23. The van der Waals surface area contributed by atoms with E-state index >= 15 is 0 Å². The predicted octanol–water partition coefficient (Wildman–Crippen LogP) is 11.4. The highest BCUT2D eigenvalue weighted by atomic mass is 15.1. The lowest BCUT2D eigenvalue weighted by atomic mass is 9.84. The normalized spacial score (nSPS) is 12.2. The van der Waals surface area contributed by atoms with Gasteiger partial charge in [-0.1, -0.05) is 145 Å². The third kappa shape index (κ3) is 9.18. The average Bonchev–Trinajstić information content (AvgIpc) is 3.03. The lowest BCUT2D eigenvalue weighted by molar-refractivity contribution is 0.822. The van der Waals surface area contributed by atoms with Gasteiger partial charge in [-0.25, -0.2) is 0 Å². The van der Waals surface area contributed by atoms with E-state index in [0.717, 1.165) is 42.6 Å². The average molecular weight is 564 g/mol. The molecular weight excluding hydrogens is 518 g/mol. The summed E-state index contributed by atoms with van der Waals surface area (Å²) >= 11 is 0. The molecule has 0 aliphatic heterocycles. The molecule has 0 aliphatic rings. The molecule has 4 aromatic carbocycles. The molecule has 1 nitrogen and oxygen atoms in total. The number of benzene rings is 4. The van der Waals surface area contributed by atoms with Crippen LogP contribution < -0.4 is 4.90 Å². The maximum atomic E-state index is 4.44. The minimum Gasteiger partial charge on any atom is -0.322 e. The van der Waals surface area contributed by atoms with Crippen LogP contribution in [0.25, 0.3) is 0 Å². The summed E-state index contributed by atoms with van der Waals surface area (Å²) in [4.78, 5) is 2.18.